The predicted octanol–water partition coefficient (Wildman–Crippen LogP) is 1.50. The van der Waals surface area contributed by atoms with Gasteiger partial charge in [-0.15, -0.1) is 5.10 Å². The molecule has 0 atom stereocenters. The molecule has 4 N–H and O–H groups in total. The third-order valence-corrected chi connectivity index (χ3v) is 4.08. The average Bonchev–Trinajstić information content (AvgIpc) is 3.29. The summed E-state index contributed by atoms with van der Waals surface area (Å²) < 4.78 is 7.76. The third-order valence-electron chi connectivity index (χ3n) is 4.08. The summed E-state index contributed by atoms with van der Waals surface area (Å²) in [6.07, 6.45) is 3.48. The lowest BCUT2D eigenvalue weighted by molar-refractivity contribution is 0.277. The molecule has 4 rings (SSSR count). The minimum Gasteiger partial charge on any atom is -0.486 e. The van der Waals surface area contributed by atoms with Gasteiger partial charge in [0.1, 0.15) is 12.4 Å². The summed E-state index contributed by atoms with van der Waals surface area (Å²) in [5.74, 6) is 0.861. The first-order valence-electron chi connectivity index (χ1n) is 7.97. The van der Waals surface area contributed by atoms with Crippen molar-refractivity contribution in [1.82, 2.24) is 29.9 Å². The van der Waals surface area contributed by atoms with Crippen molar-refractivity contribution in [3.8, 4) is 11.4 Å². The van der Waals surface area contributed by atoms with Gasteiger partial charge in [-0.2, -0.15) is 10.3 Å². The molecule has 0 aliphatic rings. The number of H-pyrrole nitrogens is 1. The van der Waals surface area contributed by atoms with Crippen LogP contribution < -0.4 is 10.5 Å². The summed E-state index contributed by atoms with van der Waals surface area (Å²) in [5, 5.41) is 19.6. The SMILES string of the molecule is Cc1cc(-n2cnc(CO)c2)ccc1COc1cc(N)nc2n[nH]nc12. The molecule has 1 aromatic carbocycles. The molecule has 9 heteroatoms. The number of imidazole rings is 1. The fraction of sp³-hybridized carbons (Fsp3) is 0.176. The summed E-state index contributed by atoms with van der Waals surface area (Å²) in [5.41, 5.74) is 10.4. The lowest BCUT2D eigenvalue weighted by atomic mass is 10.1. The highest BCUT2D eigenvalue weighted by Gasteiger charge is 2.11. The van der Waals surface area contributed by atoms with Crippen molar-refractivity contribution in [2.24, 2.45) is 0 Å². The van der Waals surface area contributed by atoms with E-state index in [1.165, 1.54) is 0 Å². The molecule has 26 heavy (non-hydrogen) atoms. The zero-order chi connectivity index (χ0) is 18.1. The van der Waals surface area contributed by atoms with E-state index in [-0.39, 0.29) is 6.61 Å². The van der Waals surface area contributed by atoms with Crippen molar-refractivity contribution in [3.63, 3.8) is 0 Å². The number of aliphatic hydroxyl groups is 1. The molecule has 0 fully saturated rings. The number of hydrogen-bond donors (Lipinski definition) is 3. The van der Waals surface area contributed by atoms with Gasteiger partial charge in [0.05, 0.1) is 18.6 Å². The Morgan fingerprint density at radius 1 is 1.27 bits per heavy atom. The number of nitrogens with two attached hydrogens (primary N) is 1. The van der Waals surface area contributed by atoms with Gasteiger partial charge in [0.2, 0.25) is 5.65 Å². The molecular weight excluding hydrogens is 334 g/mol. The van der Waals surface area contributed by atoms with Crippen LogP contribution in [-0.4, -0.2) is 35.1 Å². The molecule has 132 valence electrons. The zero-order valence-electron chi connectivity index (χ0n) is 14.0. The van der Waals surface area contributed by atoms with E-state index in [2.05, 4.69) is 25.4 Å². The molecule has 0 saturated carbocycles. The van der Waals surface area contributed by atoms with Crippen LogP contribution in [0.2, 0.25) is 0 Å². The van der Waals surface area contributed by atoms with E-state index >= 15 is 0 Å². The average molecular weight is 351 g/mol. The number of anilines is 1. The fourth-order valence-electron chi connectivity index (χ4n) is 2.68. The fourth-order valence-corrected chi connectivity index (χ4v) is 2.68. The molecule has 0 spiro atoms. The molecule has 0 aliphatic heterocycles. The molecular formula is C17H17N7O2. The summed E-state index contributed by atoms with van der Waals surface area (Å²) >= 11 is 0. The van der Waals surface area contributed by atoms with Crippen LogP contribution in [0.3, 0.4) is 0 Å². The summed E-state index contributed by atoms with van der Waals surface area (Å²) in [6, 6.07) is 7.64. The van der Waals surface area contributed by atoms with Gasteiger partial charge in [0.15, 0.2) is 11.3 Å². The predicted molar refractivity (Wildman–Crippen MR) is 94.7 cm³/mol. The van der Waals surface area contributed by atoms with Crippen molar-refractivity contribution >= 4 is 17.0 Å². The number of aromatic amines is 1. The monoisotopic (exact) mass is 351 g/mol. The van der Waals surface area contributed by atoms with Gasteiger partial charge >= 0.3 is 0 Å². The number of pyridine rings is 1. The molecule has 3 heterocycles. The maximum Gasteiger partial charge on any atom is 0.207 e. The van der Waals surface area contributed by atoms with E-state index in [1.807, 2.05) is 29.7 Å². The topological polar surface area (TPSA) is 128 Å². The number of nitrogen functional groups attached to an aromatic ring is 1. The maximum atomic E-state index is 9.14. The zero-order valence-corrected chi connectivity index (χ0v) is 14.0. The molecule has 3 aromatic heterocycles. The molecule has 0 aliphatic carbocycles. The highest BCUT2D eigenvalue weighted by atomic mass is 16.5. The Hall–Kier alpha value is -3.46. The first kappa shape index (κ1) is 16.0. The van der Waals surface area contributed by atoms with Gasteiger partial charge in [0.25, 0.3) is 0 Å². The van der Waals surface area contributed by atoms with E-state index < -0.39 is 0 Å². The third kappa shape index (κ3) is 2.95. The standard InChI is InChI=1S/C17H17N7O2/c1-10-4-13(24-6-12(7-25)19-9-24)3-2-11(10)8-26-14-5-15(18)20-17-16(14)21-23-22-17/h2-6,9,25H,7-8H2,1H3,(H3,18,20,21,22,23). The van der Waals surface area contributed by atoms with Gasteiger partial charge in [-0.1, -0.05) is 6.07 Å². The normalized spacial score (nSPS) is 11.2. The lowest BCUT2D eigenvalue weighted by Crippen LogP contribution is -2.01. The quantitative estimate of drug-likeness (QED) is 0.497. The molecule has 0 radical (unpaired) electrons. The van der Waals surface area contributed by atoms with Crippen LogP contribution in [0.4, 0.5) is 5.82 Å². The molecule has 4 aromatic rings. The van der Waals surface area contributed by atoms with Gasteiger partial charge in [-0.05, 0) is 30.2 Å². The Balaban J connectivity index is 1.56. The van der Waals surface area contributed by atoms with Crippen molar-refractivity contribution < 1.29 is 9.84 Å². The highest BCUT2D eigenvalue weighted by Crippen LogP contribution is 2.25. The molecule has 0 amide bonds. The number of nitrogens with one attached hydrogen (secondary N) is 1. The van der Waals surface area contributed by atoms with Gasteiger partial charge in [-0.25, -0.2) is 9.97 Å². The van der Waals surface area contributed by atoms with E-state index in [4.69, 9.17) is 15.6 Å². The summed E-state index contributed by atoms with van der Waals surface area (Å²) in [6.45, 7) is 2.30. The summed E-state index contributed by atoms with van der Waals surface area (Å²) in [4.78, 5) is 8.22. The van der Waals surface area contributed by atoms with Crippen LogP contribution in [0.25, 0.3) is 16.9 Å². The Morgan fingerprint density at radius 2 is 2.15 bits per heavy atom. The second-order valence-corrected chi connectivity index (χ2v) is 5.87. The van der Waals surface area contributed by atoms with Crippen LogP contribution in [0.1, 0.15) is 16.8 Å². The van der Waals surface area contributed by atoms with E-state index in [0.717, 1.165) is 16.8 Å². The van der Waals surface area contributed by atoms with Gasteiger partial charge < -0.3 is 20.1 Å². The number of ether oxygens (including phenoxy) is 1. The van der Waals surface area contributed by atoms with Crippen LogP contribution >= 0.6 is 0 Å². The smallest absolute Gasteiger partial charge is 0.207 e. The first-order chi connectivity index (χ1) is 12.6. The van der Waals surface area contributed by atoms with Crippen molar-refractivity contribution in [1.29, 1.82) is 0 Å². The number of aromatic nitrogens is 6. The highest BCUT2D eigenvalue weighted by molar-refractivity contribution is 5.78. The molecule has 0 unspecified atom stereocenters. The largest absolute Gasteiger partial charge is 0.486 e. The van der Waals surface area contributed by atoms with E-state index in [9.17, 15) is 0 Å². The molecule has 0 saturated heterocycles. The van der Waals surface area contributed by atoms with E-state index in [0.29, 0.717) is 35.0 Å². The van der Waals surface area contributed by atoms with Gasteiger partial charge in [0, 0.05) is 18.0 Å². The van der Waals surface area contributed by atoms with Crippen LogP contribution in [0.15, 0.2) is 36.8 Å². The number of rotatable bonds is 5. The second kappa shape index (κ2) is 6.45. The molecule has 0 bridgehead atoms. The Morgan fingerprint density at radius 3 is 2.92 bits per heavy atom. The first-order valence-corrected chi connectivity index (χ1v) is 7.97. The minimum atomic E-state index is -0.0799. The Bertz CT molecular complexity index is 1070. The maximum absolute atomic E-state index is 9.14. The number of nitrogens with zero attached hydrogens (tertiary/aromatic N) is 5. The van der Waals surface area contributed by atoms with Crippen molar-refractivity contribution in [2.45, 2.75) is 20.1 Å². The van der Waals surface area contributed by atoms with Crippen LogP contribution in [0.5, 0.6) is 5.75 Å². The number of hydrogen-bond acceptors (Lipinski definition) is 7. The van der Waals surface area contributed by atoms with E-state index in [1.54, 1.807) is 18.6 Å². The number of benzene rings is 1. The minimum absolute atomic E-state index is 0.0799. The lowest BCUT2D eigenvalue weighted by Gasteiger charge is -2.11. The van der Waals surface area contributed by atoms with Crippen molar-refractivity contribution in [3.05, 3.63) is 53.6 Å². The summed E-state index contributed by atoms with van der Waals surface area (Å²) in [7, 11) is 0. The van der Waals surface area contributed by atoms with Crippen molar-refractivity contribution in [2.75, 3.05) is 5.73 Å². The number of fused-ring (bicyclic) bond motifs is 1. The Kier molecular flexibility index (Phi) is 3.98. The van der Waals surface area contributed by atoms with Gasteiger partial charge in [-0.3, -0.25) is 0 Å². The number of aliphatic hydroxyl groups excluding tert-OH is 1. The van der Waals surface area contributed by atoms with Crippen LogP contribution in [0, 0.1) is 6.92 Å². The Labute approximate surface area is 148 Å². The second-order valence-electron chi connectivity index (χ2n) is 5.87. The van der Waals surface area contributed by atoms with Crippen LogP contribution in [-0.2, 0) is 13.2 Å². The number of aryl methyl sites for hydroxylation is 1. The molecule has 9 nitrogen and oxygen atoms in total.